The van der Waals surface area contributed by atoms with Gasteiger partial charge in [0.1, 0.15) is 23.1 Å². The first-order valence-corrected chi connectivity index (χ1v) is 14.5. The summed E-state index contributed by atoms with van der Waals surface area (Å²) < 4.78 is 49.7. The Labute approximate surface area is 267 Å². The molecule has 2 aliphatic rings. The van der Waals surface area contributed by atoms with Crippen molar-refractivity contribution >= 4 is 40.2 Å². The smallest absolute Gasteiger partial charge is 0.490 e. The van der Waals surface area contributed by atoms with Crippen molar-refractivity contribution in [1.29, 1.82) is 0 Å². The van der Waals surface area contributed by atoms with Gasteiger partial charge in [-0.1, -0.05) is 24.3 Å². The second-order valence-corrected chi connectivity index (χ2v) is 10.9. The number of aliphatic carboxylic acids is 1. The number of nitrogens with one attached hydrogen (secondary N) is 2. The highest BCUT2D eigenvalue weighted by atomic mass is 19.4. The summed E-state index contributed by atoms with van der Waals surface area (Å²) in [5, 5.41) is 24.0. The number of carbonyl (C=O) groups is 4. The summed E-state index contributed by atoms with van der Waals surface area (Å²) in [7, 11) is 3.24. The number of benzene rings is 3. The molecule has 3 aromatic rings. The largest absolute Gasteiger partial charge is 0.496 e. The number of hydrogen-bond acceptors (Lipinski definition) is 8. The van der Waals surface area contributed by atoms with Gasteiger partial charge in [-0.15, -0.1) is 0 Å². The Bertz CT molecular complexity index is 1660. The zero-order valence-electron chi connectivity index (χ0n) is 25.7. The van der Waals surface area contributed by atoms with Crippen LogP contribution in [0.15, 0.2) is 54.6 Å². The van der Waals surface area contributed by atoms with Crippen molar-refractivity contribution in [2.24, 2.45) is 0 Å². The predicted molar refractivity (Wildman–Crippen MR) is 163 cm³/mol. The van der Waals surface area contributed by atoms with E-state index in [1.165, 1.54) is 6.07 Å². The van der Waals surface area contributed by atoms with Crippen LogP contribution in [0.2, 0.25) is 0 Å². The van der Waals surface area contributed by atoms with Gasteiger partial charge in [0.15, 0.2) is 0 Å². The van der Waals surface area contributed by atoms with Crippen LogP contribution in [0.3, 0.4) is 0 Å². The first-order valence-electron chi connectivity index (χ1n) is 14.5. The summed E-state index contributed by atoms with van der Waals surface area (Å²) in [6.07, 6.45) is -4.23. The van der Waals surface area contributed by atoms with Gasteiger partial charge in [-0.25, -0.2) is 9.59 Å². The van der Waals surface area contributed by atoms with Crippen LogP contribution in [0.4, 0.5) is 18.9 Å². The number of carboxylic acid groups (broad SMARTS) is 2. The van der Waals surface area contributed by atoms with Gasteiger partial charge in [-0.05, 0) is 55.1 Å². The number of carboxylic acids is 2. The average Bonchev–Trinajstić information content (AvgIpc) is 3.13. The van der Waals surface area contributed by atoms with E-state index in [1.807, 2.05) is 24.3 Å². The molecule has 2 heterocycles. The number of para-hydroxylation sites is 2. The quantitative estimate of drug-likeness (QED) is 0.293. The fraction of sp³-hybridized carbons (Fsp3) is 0.375. The molecule has 12 nitrogen and oxygen atoms in total. The van der Waals surface area contributed by atoms with Crippen LogP contribution in [0.25, 0.3) is 10.8 Å². The van der Waals surface area contributed by atoms with Crippen molar-refractivity contribution < 1.29 is 56.8 Å². The van der Waals surface area contributed by atoms with E-state index in [1.54, 1.807) is 50.2 Å². The zero-order chi connectivity index (χ0) is 34.5. The third-order valence-corrected chi connectivity index (χ3v) is 8.07. The second-order valence-electron chi connectivity index (χ2n) is 10.9. The lowest BCUT2D eigenvalue weighted by atomic mass is 9.84. The van der Waals surface area contributed by atoms with Crippen LogP contribution in [0.1, 0.15) is 35.7 Å². The highest BCUT2D eigenvalue weighted by Gasteiger charge is 2.52. The number of halogens is 3. The van der Waals surface area contributed by atoms with Crippen molar-refractivity contribution in [3.63, 3.8) is 0 Å². The Morgan fingerprint density at radius 1 is 1.09 bits per heavy atom. The van der Waals surface area contributed by atoms with Crippen LogP contribution >= 0.6 is 0 Å². The minimum Gasteiger partial charge on any atom is -0.496 e. The minimum absolute atomic E-state index is 0.104. The summed E-state index contributed by atoms with van der Waals surface area (Å²) in [6, 6.07) is 14.3. The molecule has 2 aliphatic heterocycles. The molecule has 0 radical (unpaired) electrons. The number of aromatic carboxylic acids is 1. The van der Waals surface area contributed by atoms with Crippen LogP contribution in [-0.4, -0.2) is 85.2 Å². The molecule has 252 valence electrons. The second kappa shape index (κ2) is 14.3. The van der Waals surface area contributed by atoms with Crippen LogP contribution in [0.5, 0.6) is 11.5 Å². The van der Waals surface area contributed by atoms with Crippen LogP contribution in [-0.2, 0) is 25.7 Å². The number of likely N-dealkylation sites (N-methyl/N-ethyl adjacent to an activating group) is 1. The molecular weight excluding hydrogens is 627 g/mol. The van der Waals surface area contributed by atoms with E-state index in [-0.39, 0.29) is 23.9 Å². The number of rotatable bonds is 7. The normalized spacial score (nSPS) is 17.8. The lowest BCUT2D eigenvalue weighted by molar-refractivity contribution is -0.192. The van der Waals surface area contributed by atoms with Crippen molar-refractivity contribution in [2.75, 3.05) is 32.3 Å². The maximum atomic E-state index is 14.6. The number of carbonyl (C=O) groups excluding carboxylic acids is 2. The lowest BCUT2D eigenvalue weighted by Gasteiger charge is -2.41. The first-order chi connectivity index (χ1) is 22.2. The molecule has 0 unspecified atom stereocenters. The molecule has 1 saturated heterocycles. The van der Waals surface area contributed by atoms with E-state index in [2.05, 4.69) is 10.6 Å². The number of anilines is 1. The summed E-state index contributed by atoms with van der Waals surface area (Å²) in [6.45, 7) is 2.62. The van der Waals surface area contributed by atoms with E-state index >= 15 is 0 Å². The molecule has 47 heavy (non-hydrogen) atoms. The monoisotopic (exact) mass is 661 g/mol. The number of amides is 2. The lowest BCUT2D eigenvalue weighted by Crippen LogP contribution is -2.65. The SMILES string of the molecule is CN[C@@H](C)C(=O)N[C@@H]1C(=O)N(Cc2c(OC)ccc3cc(C(=O)O)ccc23)c2ccccc2OC12CCOCC2.O=C(O)C(F)(F)F. The topological polar surface area (TPSA) is 164 Å². The van der Waals surface area contributed by atoms with Gasteiger partial charge < -0.3 is 40.0 Å². The van der Waals surface area contributed by atoms with Crippen LogP contribution in [0, 0.1) is 0 Å². The van der Waals surface area contributed by atoms with E-state index in [0.29, 0.717) is 54.2 Å². The Hall–Kier alpha value is -4.89. The predicted octanol–water partition coefficient (Wildman–Crippen LogP) is 3.75. The number of ether oxygens (including phenoxy) is 3. The van der Waals surface area contributed by atoms with E-state index in [9.17, 15) is 32.7 Å². The van der Waals surface area contributed by atoms with Gasteiger partial charge in [0.2, 0.25) is 5.91 Å². The number of methoxy groups -OCH3 is 1. The summed E-state index contributed by atoms with van der Waals surface area (Å²) in [4.78, 5) is 49.8. The molecule has 0 bridgehead atoms. The van der Waals surface area contributed by atoms with E-state index < -0.39 is 35.8 Å². The Balaban J connectivity index is 0.000000644. The third-order valence-electron chi connectivity index (χ3n) is 8.07. The molecule has 0 aliphatic carbocycles. The van der Waals surface area contributed by atoms with Crippen molar-refractivity contribution in [1.82, 2.24) is 10.6 Å². The maximum absolute atomic E-state index is 14.6. The molecule has 1 spiro atoms. The van der Waals surface area contributed by atoms with Crippen molar-refractivity contribution in [3.05, 3.63) is 65.7 Å². The van der Waals surface area contributed by atoms with Crippen molar-refractivity contribution in [2.45, 2.75) is 50.2 Å². The molecule has 15 heteroatoms. The summed E-state index contributed by atoms with van der Waals surface area (Å²) in [5.74, 6) is -3.33. The van der Waals surface area contributed by atoms with Gasteiger partial charge in [0.05, 0.1) is 44.2 Å². The molecule has 1 fully saturated rings. The van der Waals surface area contributed by atoms with E-state index in [4.69, 9.17) is 24.1 Å². The van der Waals surface area contributed by atoms with Gasteiger partial charge in [0, 0.05) is 18.4 Å². The maximum Gasteiger partial charge on any atom is 0.490 e. The van der Waals surface area contributed by atoms with Crippen molar-refractivity contribution in [3.8, 4) is 11.5 Å². The number of hydrogen-bond donors (Lipinski definition) is 4. The third kappa shape index (κ3) is 7.58. The number of nitrogens with zero attached hydrogens (tertiary/aromatic N) is 1. The molecule has 0 saturated carbocycles. The summed E-state index contributed by atoms with van der Waals surface area (Å²) >= 11 is 0. The fourth-order valence-electron chi connectivity index (χ4n) is 5.43. The van der Waals surface area contributed by atoms with Gasteiger partial charge >= 0.3 is 18.1 Å². The fourth-order valence-corrected chi connectivity index (χ4v) is 5.43. The van der Waals surface area contributed by atoms with Gasteiger partial charge in [0.25, 0.3) is 5.91 Å². The van der Waals surface area contributed by atoms with Gasteiger partial charge in [-0.2, -0.15) is 13.2 Å². The molecule has 3 aromatic carbocycles. The average molecular weight is 662 g/mol. The molecule has 0 aromatic heterocycles. The van der Waals surface area contributed by atoms with Crippen LogP contribution < -0.4 is 25.0 Å². The number of alkyl halides is 3. The molecule has 2 amide bonds. The minimum atomic E-state index is -5.08. The standard InChI is InChI=1S/C30H33N3O7.C2HF3O2/c1-18(31-2)27(34)32-26-28(35)33(23-6-4-5-7-25(23)40-30(26)12-14-39-15-13-30)17-22-21-10-8-20(29(36)37)16-19(21)9-11-24(22)38-3;3-2(4,5)1(6)7/h4-11,16,18,26,31H,12-15,17H2,1-3H3,(H,32,34)(H,36,37);(H,6,7)/t18-,26+;/m0./s1. The molecule has 5 rings (SSSR count). The molecular formula is C32H34F3N3O9. The molecule has 2 atom stereocenters. The zero-order valence-corrected chi connectivity index (χ0v) is 25.7. The van der Waals surface area contributed by atoms with Gasteiger partial charge in [-0.3, -0.25) is 9.59 Å². The first kappa shape index (κ1) is 35.0. The number of fused-ring (bicyclic) bond motifs is 2. The Kier molecular flexibility index (Phi) is 10.6. The summed E-state index contributed by atoms with van der Waals surface area (Å²) in [5.41, 5.74) is 0.438. The highest BCUT2D eigenvalue weighted by molar-refractivity contribution is 6.03. The van der Waals surface area contributed by atoms with E-state index in [0.717, 1.165) is 5.39 Å². The highest BCUT2D eigenvalue weighted by Crippen LogP contribution is 2.42. The Morgan fingerprint density at radius 3 is 2.34 bits per heavy atom. The Morgan fingerprint density at radius 2 is 1.74 bits per heavy atom. The molecule has 4 N–H and O–H groups in total.